The van der Waals surface area contributed by atoms with Gasteiger partial charge in [-0.15, -0.1) is 0 Å². The molecule has 0 unspecified atom stereocenters. The molecule has 1 fully saturated rings. The molecule has 2 rings (SSSR count). The Labute approximate surface area is 85.3 Å². The molecular weight excluding hydrogens is 174 g/mol. The van der Waals surface area contributed by atoms with E-state index < -0.39 is 0 Å². The topological polar surface area (TPSA) is 21.3 Å². The number of hydrogen-bond acceptors (Lipinski definition) is 2. The Hall–Kier alpha value is -1.02. The van der Waals surface area contributed by atoms with E-state index in [0.29, 0.717) is 0 Å². The lowest BCUT2D eigenvalue weighted by Crippen LogP contribution is -2.43. The Morgan fingerprint density at radius 3 is 2.79 bits per heavy atom. The van der Waals surface area contributed by atoms with E-state index in [1.807, 2.05) is 0 Å². The van der Waals surface area contributed by atoms with Crippen molar-refractivity contribution in [2.24, 2.45) is 5.92 Å². The minimum atomic E-state index is 0.796. The highest BCUT2D eigenvalue weighted by Gasteiger charge is 2.19. The Morgan fingerprint density at radius 2 is 2.21 bits per heavy atom. The van der Waals surface area contributed by atoms with Crippen LogP contribution in [0.15, 0.2) is 18.2 Å². The first kappa shape index (κ1) is 9.53. The first-order valence-corrected chi connectivity index (χ1v) is 5.14. The zero-order valence-electron chi connectivity index (χ0n) is 8.84. The van der Waals surface area contributed by atoms with Crippen LogP contribution in [0.25, 0.3) is 0 Å². The Kier molecular flexibility index (Phi) is 2.73. The molecule has 1 N–H and O–H groups in total. The summed E-state index contributed by atoms with van der Waals surface area (Å²) >= 11 is 0. The molecule has 14 heavy (non-hydrogen) atoms. The maximum absolute atomic E-state index is 5.38. The lowest BCUT2D eigenvalue weighted by atomic mass is 9.91. The Balaban J connectivity index is 2.19. The van der Waals surface area contributed by atoms with Gasteiger partial charge in [0.15, 0.2) is 0 Å². The molecule has 0 bridgehead atoms. The molecule has 1 heterocycles. The van der Waals surface area contributed by atoms with Crippen LogP contribution in [-0.2, 0) is 6.42 Å². The molecule has 2 nitrogen and oxygen atoms in total. The number of methoxy groups -OCH3 is 1. The van der Waals surface area contributed by atoms with E-state index in [-0.39, 0.29) is 0 Å². The van der Waals surface area contributed by atoms with Gasteiger partial charge in [0.25, 0.3) is 0 Å². The van der Waals surface area contributed by atoms with Gasteiger partial charge < -0.3 is 10.1 Å². The monoisotopic (exact) mass is 191 g/mol. The molecule has 0 spiro atoms. The molecule has 0 aliphatic carbocycles. The van der Waals surface area contributed by atoms with Gasteiger partial charge in [-0.05, 0) is 49.5 Å². The summed E-state index contributed by atoms with van der Waals surface area (Å²) in [7, 11) is 1.75. The minimum absolute atomic E-state index is 0.796. The second-order valence-electron chi connectivity index (χ2n) is 3.98. The van der Waals surface area contributed by atoms with Crippen LogP contribution in [0.1, 0.15) is 11.1 Å². The number of rotatable bonds is 3. The molecule has 0 radical (unpaired) electrons. The molecule has 1 aromatic carbocycles. The van der Waals surface area contributed by atoms with E-state index in [1.165, 1.54) is 11.1 Å². The zero-order chi connectivity index (χ0) is 9.97. The summed E-state index contributed by atoms with van der Waals surface area (Å²) in [4.78, 5) is 0. The summed E-state index contributed by atoms with van der Waals surface area (Å²) in [5, 5.41) is 3.30. The summed E-state index contributed by atoms with van der Waals surface area (Å²) in [5.74, 6) is 1.84. The maximum Gasteiger partial charge on any atom is 0.122 e. The van der Waals surface area contributed by atoms with Gasteiger partial charge in [-0.25, -0.2) is 0 Å². The number of benzene rings is 1. The maximum atomic E-state index is 5.38. The lowest BCUT2D eigenvalue weighted by Gasteiger charge is -2.28. The Morgan fingerprint density at radius 1 is 1.43 bits per heavy atom. The molecule has 0 amide bonds. The highest BCUT2D eigenvalue weighted by atomic mass is 16.5. The first-order chi connectivity index (χ1) is 6.81. The molecule has 1 aliphatic rings. The van der Waals surface area contributed by atoms with E-state index in [4.69, 9.17) is 4.74 Å². The minimum Gasteiger partial charge on any atom is -0.496 e. The fourth-order valence-electron chi connectivity index (χ4n) is 1.91. The van der Waals surface area contributed by atoms with Crippen molar-refractivity contribution in [1.82, 2.24) is 5.32 Å². The van der Waals surface area contributed by atoms with Crippen molar-refractivity contribution in [2.75, 3.05) is 20.2 Å². The summed E-state index contributed by atoms with van der Waals surface area (Å²) in [5.41, 5.74) is 2.72. The van der Waals surface area contributed by atoms with Crippen LogP contribution >= 0.6 is 0 Å². The molecule has 0 saturated carbocycles. The molecule has 2 heteroatoms. The molecule has 76 valence electrons. The number of aryl methyl sites for hydroxylation is 1. The van der Waals surface area contributed by atoms with E-state index in [1.54, 1.807) is 7.11 Å². The first-order valence-electron chi connectivity index (χ1n) is 5.14. The summed E-state index contributed by atoms with van der Waals surface area (Å²) in [6.07, 6.45) is 1.14. The van der Waals surface area contributed by atoms with E-state index in [9.17, 15) is 0 Å². The molecule has 0 aromatic heterocycles. The number of nitrogens with one attached hydrogen (secondary N) is 1. The fourth-order valence-corrected chi connectivity index (χ4v) is 1.91. The van der Waals surface area contributed by atoms with Crippen molar-refractivity contribution in [3.05, 3.63) is 29.3 Å². The molecule has 1 aliphatic heterocycles. The van der Waals surface area contributed by atoms with Crippen LogP contribution in [0.2, 0.25) is 0 Å². The smallest absolute Gasteiger partial charge is 0.122 e. The van der Waals surface area contributed by atoms with Crippen LogP contribution in [-0.4, -0.2) is 20.2 Å². The molecule has 0 atom stereocenters. The van der Waals surface area contributed by atoms with Crippen molar-refractivity contribution >= 4 is 0 Å². The van der Waals surface area contributed by atoms with Gasteiger partial charge >= 0.3 is 0 Å². The van der Waals surface area contributed by atoms with Crippen LogP contribution in [0, 0.1) is 12.8 Å². The largest absolute Gasteiger partial charge is 0.496 e. The van der Waals surface area contributed by atoms with Crippen molar-refractivity contribution in [3.63, 3.8) is 0 Å². The Bertz CT molecular complexity index is 318. The average molecular weight is 191 g/mol. The standard InChI is InChI=1S/C12H17NO/c1-9-4-3-5-12(14-2)11(9)6-10-7-13-8-10/h3-5,10,13H,6-8H2,1-2H3. The van der Waals surface area contributed by atoms with Crippen molar-refractivity contribution in [3.8, 4) is 5.75 Å². The van der Waals surface area contributed by atoms with Gasteiger partial charge in [0, 0.05) is 0 Å². The predicted octanol–water partition coefficient (Wildman–Crippen LogP) is 1.77. The van der Waals surface area contributed by atoms with Gasteiger partial charge in [0.1, 0.15) is 5.75 Å². The summed E-state index contributed by atoms with van der Waals surface area (Å²) in [6, 6.07) is 6.26. The average Bonchev–Trinajstić information content (AvgIpc) is 2.12. The van der Waals surface area contributed by atoms with Crippen LogP contribution in [0.3, 0.4) is 0 Å². The predicted molar refractivity (Wildman–Crippen MR) is 57.8 cm³/mol. The SMILES string of the molecule is COc1cccc(C)c1CC1CNC1. The van der Waals surface area contributed by atoms with Crippen molar-refractivity contribution < 1.29 is 4.74 Å². The molecular formula is C12H17NO. The van der Waals surface area contributed by atoms with Crippen LogP contribution < -0.4 is 10.1 Å². The molecule has 1 saturated heterocycles. The van der Waals surface area contributed by atoms with E-state index in [0.717, 1.165) is 31.2 Å². The van der Waals surface area contributed by atoms with E-state index >= 15 is 0 Å². The molecule has 1 aromatic rings. The van der Waals surface area contributed by atoms with Crippen molar-refractivity contribution in [1.29, 1.82) is 0 Å². The quantitative estimate of drug-likeness (QED) is 0.786. The second-order valence-corrected chi connectivity index (χ2v) is 3.98. The van der Waals surface area contributed by atoms with Gasteiger partial charge in [-0.1, -0.05) is 12.1 Å². The summed E-state index contributed by atoms with van der Waals surface area (Å²) < 4.78 is 5.38. The second kappa shape index (κ2) is 4.01. The number of hydrogen-bond donors (Lipinski definition) is 1. The van der Waals surface area contributed by atoms with Gasteiger partial charge in [0.2, 0.25) is 0 Å². The van der Waals surface area contributed by atoms with Crippen LogP contribution in [0.4, 0.5) is 0 Å². The highest BCUT2D eigenvalue weighted by Crippen LogP contribution is 2.25. The van der Waals surface area contributed by atoms with Gasteiger partial charge in [-0.2, -0.15) is 0 Å². The summed E-state index contributed by atoms with van der Waals surface area (Å²) in [6.45, 7) is 4.46. The lowest BCUT2D eigenvalue weighted by molar-refractivity contribution is 0.338. The third kappa shape index (κ3) is 1.75. The van der Waals surface area contributed by atoms with E-state index in [2.05, 4.69) is 30.4 Å². The zero-order valence-corrected chi connectivity index (χ0v) is 8.84. The van der Waals surface area contributed by atoms with Crippen molar-refractivity contribution in [2.45, 2.75) is 13.3 Å². The van der Waals surface area contributed by atoms with Crippen LogP contribution in [0.5, 0.6) is 5.75 Å². The number of ether oxygens (including phenoxy) is 1. The third-order valence-corrected chi connectivity index (χ3v) is 2.95. The normalized spacial score (nSPS) is 16.4. The third-order valence-electron chi connectivity index (χ3n) is 2.95. The van der Waals surface area contributed by atoms with Gasteiger partial charge in [0.05, 0.1) is 7.11 Å². The highest BCUT2D eigenvalue weighted by molar-refractivity contribution is 5.40. The van der Waals surface area contributed by atoms with Gasteiger partial charge in [-0.3, -0.25) is 0 Å². The fraction of sp³-hybridized carbons (Fsp3) is 0.500.